The minimum atomic E-state index is -1.74. The molecule has 0 saturated carbocycles. The van der Waals surface area contributed by atoms with Gasteiger partial charge in [0.05, 0.1) is 56.5 Å². The fraction of sp³-hybridized carbons (Fsp3) is 0.381. The van der Waals surface area contributed by atoms with Crippen LogP contribution in [-0.2, 0) is 24.1 Å². The van der Waals surface area contributed by atoms with Crippen molar-refractivity contribution in [3.05, 3.63) is 135 Å². The van der Waals surface area contributed by atoms with E-state index in [9.17, 15) is 20.2 Å². The summed E-state index contributed by atoms with van der Waals surface area (Å²) < 4.78 is 39.9. The lowest BCUT2D eigenvalue weighted by molar-refractivity contribution is -0.385. The van der Waals surface area contributed by atoms with Gasteiger partial charge in [-0.2, -0.15) is 5.26 Å². The molecule has 1 aliphatic heterocycles. The van der Waals surface area contributed by atoms with Gasteiger partial charge in [-0.15, -0.1) is 0 Å². The Bertz CT molecular complexity index is 1850. The average molecular weight is 770 g/mol. The summed E-state index contributed by atoms with van der Waals surface area (Å²) in [6, 6.07) is 33.1. The first-order chi connectivity index (χ1) is 26.5. The molecule has 4 atom stereocenters. The summed E-state index contributed by atoms with van der Waals surface area (Å²) in [6.07, 6.45) is -2.36. The molecular weight excluding hydrogens is 721 g/mol. The van der Waals surface area contributed by atoms with Gasteiger partial charge in [0.2, 0.25) is 0 Å². The Kier molecular flexibility index (Phi) is 14.5. The van der Waals surface area contributed by atoms with Gasteiger partial charge in [-0.25, -0.2) is 4.67 Å². The molecule has 4 aromatic rings. The van der Waals surface area contributed by atoms with Crippen molar-refractivity contribution >= 4 is 20.0 Å². The molecule has 1 fully saturated rings. The highest BCUT2D eigenvalue weighted by Gasteiger charge is 2.46. The number of ether oxygens (including phenoxy) is 4. The highest BCUT2D eigenvalue weighted by molar-refractivity contribution is 7.44. The number of benzene rings is 4. The lowest BCUT2D eigenvalue weighted by Gasteiger charge is -2.39. The van der Waals surface area contributed by atoms with Crippen LogP contribution >= 0.6 is 8.53 Å². The second-order valence-corrected chi connectivity index (χ2v) is 14.9. The molecule has 0 amide bonds. The Morgan fingerprint density at radius 3 is 1.96 bits per heavy atom. The summed E-state index contributed by atoms with van der Waals surface area (Å²) in [7, 11) is 1.47. The zero-order valence-electron chi connectivity index (χ0n) is 32.0. The van der Waals surface area contributed by atoms with E-state index in [4.69, 9.17) is 28.0 Å². The number of hydrogen-bond acceptors (Lipinski definition) is 11. The van der Waals surface area contributed by atoms with E-state index >= 15 is 0 Å². The number of Topliss-reactive ketones (excluding diaryl/α,β-unsaturated/α-hetero) is 1. The molecule has 0 aromatic heterocycles. The van der Waals surface area contributed by atoms with E-state index in [1.54, 1.807) is 20.3 Å². The number of nitro benzene ring substituents is 1. The molecule has 2 unspecified atom stereocenters. The zero-order chi connectivity index (χ0) is 39.5. The SMILES string of the molecule is COc1ccc(C(OC[C@H]2OC(C(=O)c3ccccc3[N+](=O)[O-])C[C@@H]2OP(OCCC#N)N(C(C)C)C(C)C)(c2ccccc2)c2ccc(OC)cc2)cc1. The average Bonchev–Trinajstić information content (AvgIpc) is 3.60. The lowest BCUT2D eigenvalue weighted by atomic mass is 9.80. The van der Waals surface area contributed by atoms with Crippen molar-refractivity contribution in [3.8, 4) is 17.6 Å². The fourth-order valence-electron chi connectivity index (χ4n) is 6.85. The second-order valence-electron chi connectivity index (χ2n) is 13.5. The monoisotopic (exact) mass is 769 g/mol. The van der Waals surface area contributed by atoms with Crippen molar-refractivity contribution in [3.63, 3.8) is 0 Å². The van der Waals surface area contributed by atoms with Crippen LogP contribution in [-0.4, -0.2) is 73.2 Å². The molecule has 0 radical (unpaired) electrons. The van der Waals surface area contributed by atoms with Crippen molar-refractivity contribution in [1.29, 1.82) is 5.26 Å². The number of rotatable bonds is 19. The molecule has 1 heterocycles. The minimum Gasteiger partial charge on any atom is -0.497 e. The van der Waals surface area contributed by atoms with Gasteiger partial charge in [0.25, 0.3) is 14.2 Å². The van der Waals surface area contributed by atoms with E-state index in [-0.39, 0.29) is 49.4 Å². The number of nitro groups is 1. The van der Waals surface area contributed by atoms with Gasteiger partial charge in [-0.05, 0) is 74.7 Å². The standard InChI is InChI=1S/C42H48N3O9P/c1-29(2)44(30(3)4)55(52-26-12-25-43)54-38-27-39(41(46)36-15-10-11-16-37(36)45(47)48)53-40(38)28-51-42(31-13-8-7-9-14-31,32-17-21-34(49-5)22-18-32)33-19-23-35(50-6)24-20-33/h7-11,13-24,29-30,38-40H,12,26-28H2,1-6H3/t38-,39?,40+,55?/m0/s1. The number of carbonyl (C=O) groups is 1. The maximum atomic E-state index is 14.1. The van der Waals surface area contributed by atoms with Gasteiger partial charge in [-0.3, -0.25) is 14.9 Å². The predicted octanol–water partition coefficient (Wildman–Crippen LogP) is 8.62. The Hall–Kier alpha value is -4.73. The van der Waals surface area contributed by atoms with E-state index in [0.717, 1.165) is 16.7 Å². The van der Waals surface area contributed by atoms with Crippen LogP contribution in [0.5, 0.6) is 11.5 Å². The molecule has 0 N–H and O–H groups in total. The summed E-state index contributed by atoms with van der Waals surface area (Å²) in [5, 5.41) is 21.3. The van der Waals surface area contributed by atoms with Gasteiger partial charge in [-0.1, -0.05) is 66.7 Å². The third-order valence-corrected chi connectivity index (χ3v) is 11.5. The number of carbonyl (C=O) groups excluding carboxylic acids is 1. The van der Waals surface area contributed by atoms with Gasteiger partial charge >= 0.3 is 0 Å². The summed E-state index contributed by atoms with van der Waals surface area (Å²) in [5.41, 5.74) is 0.904. The molecule has 0 spiro atoms. The number of hydrogen-bond donors (Lipinski definition) is 0. The number of ketones is 1. The minimum absolute atomic E-state index is 0.0190. The molecule has 1 saturated heterocycles. The molecule has 0 aliphatic carbocycles. The highest BCUT2D eigenvalue weighted by Crippen LogP contribution is 2.50. The number of nitrogens with zero attached hydrogens (tertiary/aromatic N) is 3. The first-order valence-corrected chi connectivity index (χ1v) is 19.3. The Morgan fingerprint density at radius 1 is 0.891 bits per heavy atom. The molecule has 0 bridgehead atoms. The van der Waals surface area contributed by atoms with E-state index in [1.807, 2.05) is 107 Å². The Balaban J connectivity index is 1.60. The quantitative estimate of drug-likeness (QED) is 0.0226. The van der Waals surface area contributed by atoms with Crippen LogP contribution in [0.2, 0.25) is 0 Å². The Morgan fingerprint density at radius 2 is 1.44 bits per heavy atom. The van der Waals surface area contributed by atoms with E-state index in [1.165, 1.54) is 18.2 Å². The van der Waals surface area contributed by atoms with Crippen LogP contribution in [0.3, 0.4) is 0 Å². The molecule has 12 nitrogen and oxygen atoms in total. The fourth-order valence-corrected chi connectivity index (χ4v) is 8.61. The normalized spacial score (nSPS) is 17.6. The largest absolute Gasteiger partial charge is 0.497 e. The molecule has 13 heteroatoms. The lowest BCUT2D eigenvalue weighted by Crippen LogP contribution is -2.39. The Labute approximate surface area is 324 Å². The summed E-state index contributed by atoms with van der Waals surface area (Å²) in [6.45, 7) is 8.25. The summed E-state index contributed by atoms with van der Waals surface area (Å²) >= 11 is 0. The van der Waals surface area contributed by atoms with Crippen LogP contribution in [0.1, 0.15) is 67.6 Å². The van der Waals surface area contributed by atoms with Gasteiger partial charge < -0.3 is 28.0 Å². The second kappa shape index (κ2) is 19.2. The molecule has 5 rings (SSSR count). The van der Waals surface area contributed by atoms with Crippen LogP contribution in [0.25, 0.3) is 0 Å². The van der Waals surface area contributed by atoms with Gasteiger partial charge in [0.15, 0.2) is 5.78 Å². The maximum absolute atomic E-state index is 14.1. The maximum Gasteiger partial charge on any atom is 0.280 e. The molecule has 290 valence electrons. The topological polar surface area (TPSA) is 143 Å². The molecular formula is C42H48N3O9P. The van der Waals surface area contributed by atoms with E-state index < -0.39 is 43.1 Å². The summed E-state index contributed by atoms with van der Waals surface area (Å²) in [5.74, 6) is 0.824. The van der Waals surface area contributed by atoms with Crippen LogP contribution in [0.4, 0.5) is 5.69 Å². The third kappa shape index (κ3) is 9.57. The summed E-state index contributed by atoms with van der Waals surface area (Å²) in [4.78, 5) is 25.5. The van der Waals surface area contributed by atoms with E-state index in [0.29, 0.717) is 11.5 Å². The van der Waals surface area contributed by atoms with Crippen LogP contribution in [0.15, 0.2) is 103 Å². The van der Waals surface area contributed by atoms with Crippen LogP contribution in [0, 0.1) is 21.4 Å². The van der Waals surface area contributed by atoms with Crippen LogP contribution < -0.4 is 9.47 Å². The zero-order valence-corrected chi connectivity index (χ0v) is 32.9. The number of nitriles is 1. The molecule has 4 aromatic carbocycles. The number of para-hydroxylation sites is 1. The van der Waals surface area contributed by atoms with E-state index in [2.05, 4.69) is 10.7 Å². The van der Waals surface area contributed by atoms with Crippen molar-refractivity contribution in [1.82, 2.24) is 4.67 Å². The van der Waals surface area contributed by atoms with Gasteiger partial charge in [0.1, 0.15) is 29.3 Å². The first kappa shape index (κ1) is 41.4. The predicted molar refractivity (Wildman–Crippen MR) is 209 cm³/mol. The third-order valence-electron chi connectivity index (χ3n) is 9.38. The van der Waals surface area contributed by atoms with Crippen molar-refractivity contribution in [2.75, 3.05) is 27.4 Å². The highest BCUT2D eigenvalue weighted by atomic mass is 31.2. The molecule has 1 aliphatic rings. The van der Waals surface area contributed by atoms with Crippen molar-refractivity contribution in [2.45, 2.75) is 76.5 Å². The van der Waals surface area contributed by atoms with Gasteiger partial charge in [0, 0.05) is 24.6 Å². The first-order valence-electron chi connectivity index (χ1n) is 18.2. The molecule has 55 heavy (non-hydrogen) atoms. The smallest absolute Gasteiger partial charge is 0.280 e. The van der Waals surface area contributed by atoms with Crippen molar-refractivity contribution in [2.24, 2.45) is 0 Å². The number of methoxy groups -OCH3 is 2. The van der Waals surface area contributed by atoms with Crippen molar-refractivity contribution < 1.29 is 37.7 Å².